The molecule has 1 saturated carbocycles. The molecular weight excluding hydrogens is 269 g/mol. The van der Waals surface area contributed by atoms with Gasteiger partial charge in [0, 0.05) is 22.5 Å². The number of nitrogens with one attached hydrogen (secondary N) is 1. The number of hydrogen-bond acceptors (Lipinski definition) is 2. The van der Waals surface area contributed by atoms with Gasteiger partial charge < -0.3 is 10.4 Å². The number of benzene rings is 1. The van der Waals surface area contributed by atoms with Crippen molar-refractivity contribution in [1.29, 1.82) is 0 Å². The number of halogens is 2. The van der Waals surface area contributed by atoms with Gasteiger partial charge in [0.2, 0.25) is 0 Å². The molecule has 0 saturated heterocycles. The van der Waals surface area contributed by atoms with Crippen LogP contribution in [-0.2, 0) is 6.42 Å². The summed E-state index contributed by atoms with van der Waals surface area (Å²) in [6.45, 7) is 0. The fourth-order valence-electron chi connectivity index (χ4n) is 2.65. The summed E-state index contributed by atoms with van der Waals surface area (Å²) in [5.74, 6) is 0. The predicted octanol–water partition coefficient (Wildman–Crippen LogP) is 3.43. The Labute approximate surface area is 118 Å². The Bertz CT molecular complexity index is 394. The third-order valence-electron chi connectivity index (χ3n) is 3.89. The first-order valence-electron chi connectivity index (χ1n) is 6.36. The molecule has 2 N–H and O–H groups in total. The fraction of sp³-hybridized carbons (Fsp3) is 0.571. The van der Waals surface area contributed by atoms with Crippen molar-refractivity contribution >= 4 is 23.2 Å². The van der Waals surface area contributed by atoms with Crippen LogP contribution in [0.15, 0.2) is 18.2 Å². The maximum Gasteiger partial charge on any atom is 0.0690 e. The van der Waals surface area contributed by atoms with Gasteiger partial charge in [-0.05, 0) is 50.4 Å². The summed E-state index contributed by atoms with van der Waals surface area (Å²) in [4.78, 5) is 0. The molecule has 18 heavy (non-hydrogen) atoms. The Kier molecular flexibility index (Phi) is 4.54. The molecule has 0 atom stereocenters. The summed E-state index contributed by atoms with van der Waals surface area (Å²) < 4.78 is 0. The van der Waals surface area contributed by atoms with Crippen LogP contribution in [0.2, 0.25) is 10.0 Å². The van der Waals surface area contributed by atoms with E-state index in [0.29, 0.717) is 22.5 Å². The zero-order valence-electron chi connectivity index (χ0n) is 10.5. The normalized spacial score (nSPS) is 28.3. The van der Waals surface area contributed by atoms with Crippen molar-refractivity contribution in [2.75, 3.05) is 7.05 Å². The lowest BCUT2D eigenvalue weighted by Gasteiger charge is -2.36. The summed E-state index contributed by atoms with van der Waals surface area (Å²) in [6, 6.07) is 6.00. The van der Waals surface area contributed by atoms with E-state index < -0.39 is 5.60 Å². The molecular formula is C14H19Cl2NO. The third-order valence-corrected chi connectivity index (χ3v) is 4.60. The molecule has 100 valence electrons. The van der Waals surface area contributed by atoms with Crippen LogP contribution in [0, 0.1) is 0 Å². The van der Waals surface area contributed by atoms with E-state index in [2.05, 4.69) is 5.32 Å². The van der Waals surface area contributed by atoms with Crippen molar-refractivity contribution in [1.82, 2.24) is 5.32 Å². The van der Waals surface area contributed by atoms with Gasteiger partial charge in [0.25, 0.3) is 0 Å². The molecule has 0 aliphatic heterocycles. The molecule has 1 aromatic rings. The summed E-state index contributed by atoms with van der Waals surface area (Å²) in [7, 11) is 1.97. The molecule has 4 heteroatoms. The van der Waals surface area contributed by atoms with Gasteiger partial charge in [0.05, 0.1) is 5.60 Å². The second-order valence-electron chi connectivity index (χ2n) is 5.16. The minimum Gasteiger partial charge on any atom is -0.390 e. The molecule has 0 bridgehead atoms. The third kappa shape index (κ3) is 3.18. The molecule has 0 aromatic heterocycles. The van der Waals surface area contributed by atoms with E-state index >= 15 is 0 Å². The summed E-state index contributed by atoms with van der Waals surface area (Å²) >= 11 is 12.3. The molecule has 0 spiro atoms. The first-order valence-corrected chi connectivity index (χ1v) is 7.12. The van der Waals surface area contributed by atoms with Gasteiger partial charge >= 0.3 is 0 Å². The van der Waals surface area contributed by atoms with E-state index in [0.717, 1.165) is 31.2 Å². The van der Waals surface area contributed by atoms with Gasteiger partial charge in [-0.3, -0.25) is 0 Å². The van der Waals surface area contributed by atoms with Crippen molar-refractivity contribution in [2.45, 2.75) is 43.7 Å². The fourth-order valence-corrected chi connectivity index (χ4v) is 3.18. The van der Waals surface area contributed by atoms with E-state index in [4.69, 9.17) is 23.2 Å². The smallest absolute Gasteiger partial charge is 0.0690 e. The lowest BCUT2D eigenvalue weighted by molar-refractivity contribution is -0.00239. The highest BCUT2D eigenvalue weighted by atomic mass is 35.5. The molecule has 0 radical (unpaired) electrons. The van der Waals surface area contributed by atoms with Crippen LogP contribution in [0.5, 0.6) is 0 Å². The van der Waals surface area contributed by atoms with Gasteiger partial charge in [0.15, 0.2) is 0 Å². The Morgan fingerprint density at radius 1 is 1.28 bits per heavy atom. The van der Waals surface area contributed by atoms with E-state index in [9.17, 15) is 5.11 Å². The van der Waals surface area contributed by atoms with Crippen LogP contribution < -0.4 is 5.32 Å². The minimum atomic E-state index is -0.665. The number of hydrogen-bond donors (Lipinski definition) is 2. The van der Waals surface area contributed by atoms with E-state index in [1.807, 2.05) is 25.2 Å². The predicted molar refractivity (Wildman–Crippen MR) is 76.4 cm³/mol. The zero-order chi connectivity index (χ0) is 13.2. The molecule has 0 unspecified atom stereocenters. The average Bonchev–Trinajstić information content (AvgIpc) is 2.35. The maximum absolute atomic E-state index is 10.6. The van der Waals surface area contributed by atoms with Crippen molar-refractivity contribution < 1.29 is 5.11 Å². The Morgan fingerprint density at radius 2 is 1.83 bits per heavy atom. The number of rotatable bonds is 3. The quantitative estimate of drug-likeness (QED) is 0.893. The van der Waals surface area contributed by atoms with E-state index in [1.165, 1.54) is 0 Å². The van der Waals surface area contributed by atoms with Crippen molar-refractivity contribution in [3.63, 3.8) is 0 Å². The van der Waals surface area contributed by atoms with E-state index in [1.54, 1.807) is 0 Å². The van der Waals surface area contributed by atoms with Crippen molar-refractivity contribution in [3.05, 3.63) is 33.8 Å². The highest BCUT2D eigenvalue weighted by Gasteiger charge is 2.33. The van der Waals surface area contributed by atoms with Crippen LogP contribution in [0.1, 0.15) is 31.2 Å². The van der Waals surface area contributed by atoms with Crippen molar-refractivity contribution in [2.24, 2.45) is 0 Å². The second kappa shape index (κ2) is 5.79. The van der Waals surface area contributed by atoms with Gasteiger partial charge in [-0.25, -0.2) is 0 Å². The first-order chi connectivity index (χ1) is 8.54. The Morgan fingerprint density at radius 3 is 2.33 bits per heavy atom. The van der Waals surface area contributed by atoms with Crippen LogP contribution in [0.3, 0.4) is 0 Å². The number of aliphatic hydroxyl groups is 1. The van der Waals surface area contributed by atoms with Crippen LogP contribution in [0.25, 0.3) is 0 Å². The first kappa shape index (κ1) is 14.1. The highest BCUT2D eigenvalue weighted by Crippen LogP contribution is 2.35. The Balaban J connectivity index is 2.09. The lowest BCUT2D eigenvalue weighted by atomic mass is 9.78. The second-order valence-corrected chi connectivity index (χ2v) is 5.98. The van der Waals surface area contributed by atoms with E-state index in [-0.39, 0.29) is 0 Å². The van der Waals surface area contributed by atoms with Crippen LogP contribution >= 0.6 is 23.2 Å². The molecule has 1 aliphatic rings. The zero-order valence-corrected chi connectivity index (χ0v) is 12.1. The van der Waals surface area contributed by atoms with Gasteiger partial charge in [0.1, 0.15) is 0 Å². The maximum atomic E-state index is 10.6. The van der Waals surface area contributed by atoms with Gasteiger partial charge in [-0.2, -0.15) is 0 Å². The molecule has 2 rings (SSSR count). The standard InChI is InChI=1S/C14H19Cl2NO/c1-17-10-5-7-14(18,8-6-10)9-11-12(15)3-2-4-13(11)16/h2-4,10,17-18H,5-9H2,1H3. The molecule has 1 aliphatic carbocycles. The summed E-state index contributed by atoms with van der Waals surface area (Å²) in [6.07, 6.45) is 4.12. The Hall–Kier alpha value is -0.280. The van der Waals surface area contributed by atoms with Crippen molar-refractivity contribution in [3.8, 4) is 0 Å². The molecule has 1 fully saturated rings. The molecule has 0 amide bonds. The SMILES string of the molecule is CNC1CCC(O)(Cc2c(Cl)cccc2Cl)CC1. The van der Waals surface area contributed by atoms with Gasteiger partial charge in [-0.15, -0.1) is 0 Å². The molecule has 0 heterocycles. The molecule has 2 nitrogen and oxygen atoms in total. The lowest BCUT2D eigenvalue weighted by Crippen LogP contribution is -2.41. The van der Waals surface area contributed by atoms with Crippen LogP contribution in [-0.4, -0.2) is 23.8 Å². The highest BCUT2D eigenvalue weighted by molar-refractivity contribution is 6.36. The molecule has 1 aromatic carbocycles. The summed E-state index contributed by atoms with van der Waals surface area (Å²) in [5, 5.41) is 15.2. The monoisotopic (exact) mass is 287 g/mol. The van der Waals surface area contributed by atoms with Crippen LogP contribution in [0.4, 0.5) is 0 Å². The van der Waals surface area contributed by atoms with Gasteiger partial charge in [-0.1, -0.05) is 29.3 Å². The topological polar surface area (TPSA) is 32.3 Å². The largest absolute Gasteiger partial charge is 0.390 e. The summed E-state index contributed by atoms with van der Waals surface area (Å²) in [5.41, 5.74) is 0.202. The minimum absolute atomic E-state index is 0.520. The average molecular weight is 288 g/mol.